The van der Waals surface area contributed by atoms with Gasteiger partial charge in [0.15, 0.2) is 25.0 Å². The van der Waals surface area contributed by atoms with Gasteiger partial charge in [-0.05, 0) is 50.6 Å². The molecule has 0 saturated heterocycles. The molecule has 7 radical (unpaired) electrons. The number of hydrogen-bond donors (Lipinski definition) is 0. The Morgan fingerprint density at radius 2 is 1.42 bits per heavy atom. The van der Waals surface area contributed by atoms with E-state index < -0.39 is 25.0 Å². The summed E-state index contributed by atoms with van der Waals surface area (Å²) in [5.41, 5.74) is 4.10. The summed E-state index contributed by atoms with van der Waals surface area (Å²) in [6, 6.07) is 0. The van der Waals surface area contributed by atoms with Crippen LogP contribution in [0.25, 0.3) is 0 Å². The molecule has 0 aromatic carbocycles. The Kier molecular flexibility index (Phi) is 8.79. The normalized spacial score (nSPS) is 13.6. The van der Waals surface area contributed by atoms with Crippen molar-refractivity contribution in [1.29, 1.82) is 0 Å². The third kappa shape index (κ3) is 10.3. The van der Waals surface area contributed by atoms with Crippen molar-refractivity contribution in [1.82, 2.24) is 0 Å². The van der Waals surface area contributed by atoms with Crippen LogP contribution in [0.2, 0.25) is 50.6 Å². The highest BCUT2D eigenvalue weighted by atomic mass is 28.4. The van der Waals surface area contributed by atoms with Gasteiger partial charge in [0.1, 0.15) is 0 Å². The van der Waals surface area contributed by atoms with E-state index >= 15 is 0 Å². The third-order valence-corrected chi connectivity index (χ3v) is 19.1. The summed E-state index contributed by atoms with van der Waals surface area (Å²) in [4.78, 5) is 0. The molecule has 0 N–H and O–H groups in total. The molecule has 9 heteroatoms. The Morgan fingerprint density at radius 1 is 0.947 bits per heavy atom. The second-order valence-electron chi connectivity index (χ2n) is 6.28. The van der Waals surface area contributed by atoms with Gasteiger partial charge in [0.2, 0.25) is 30.0 Å². The Labute approximate surface area is 130 Å². The van der Waals surface area contributed by atoms with Crippen LogP contribution < -0.4 is 0 Å². The summed E-state index contributed by atoms with van der Waals surface area (Å²) >= 11 is 0. The molecule has 0 fully saturated rings. The van der Waals surface area contributed by atoms with E-state index in [4.69, 9.17) is 12.3 Å². The van der Waals surface area contributed by atoms with E-state index in [1.807, 2.05) is 5.70 Å². The van der Waals surface area contributed by atoms with E-state index in [1.54, 1.807) is 0 Å². The maximum atomic E-state index is 6.13. The van der Waals surface area contributed by atoms with Gasteiger partial charge >= 0.3 is 0 Å². The van der Waals surface area contributed by atoms with Crippen molar-refractivity contribution in [3.05, 3.63) is 12.3 Å². The van der Waals surface area contributed by atoms with Gasteiger partial charge in [-0.1, -0.05) is 5.70 Å². The first-order valence-corrected chi connectivity index (χ1v) is 18.2. The van der Waals surface area contributed by atoms with Crippen LogP contribution in [-0.2, 0) is 12.3 Å². The van der Waals surface area contributed by atoms with E-state index in [0.29, 0.717) is 19.5 Å². The Hall–Kier alpha value is 0.921. The van der Waals surface area contributed by atoms with Gasteiger partial charge in [-0.2, -0.15) is 0 Å². The smallest absolute Gasteiger partial charge is 0.230 e. The average Bonchev–Trinajstić information content (AvgIpc) is 2.28. The molecule has 3 nitrogen and oxygen atoms in total. The molecule has 0 aliphatic heterocycles. The summed E-state index contributed by atoms with van der Waals surface area (Å²) in [5, 5.41) is 0. The van der Waals surface area contributed by atoms with Gasteiger partial charge in [-0.25, -0.2) is 0 Å². The summed E-state index contributed by atoms with van der Waals surface area (Å²) in [7, 11) is -0.505. The van der Waals surface area contributed by atoms with E-state index in [2.05, 4.69) is 56.3 Å². The molecular formula is C10H25O3Si6. The van der Waals surface area contributed by atoms with Gasteiger partial charge in [0.05, 0.1) is 0 Å². The van der Waals surface area contributed by atoms with Crippen molar-refractivity contribution >= 4 is 55.0 Å². The predicted octanol–water partition coefficient (Wildman–Crippen LogP) is 2.61. The molecule has 0 rings (SSSR count). The van der Waals surface area contributed by atoms with Crippen LogP contribution >= 0.6 is 0 Å². The van der Waals surface area contributed by atoms with Crippen molar-refractivity contribution in [3.8, 4) is 0 Å². The van der Waals surface area contributed by atoms with Crippen LogP contribution in [0, 0.1) is 0 Å². The maximum Gasteiger partial charge on any atom is 0.230 e. The fourth-order valence-electron chi connectivity index (χ4n) is 0.915. The lowest BCUT2D eigenvalue weighted by atomic mass is 11.3. The molecule has 0 spiro atoms. The molecule has 0 bridgehead atoms. The Bertz CT molecular complexity index is 282. The molecule has 0 aromatic rings. The van der Waals surface area contributed by atoms with Crippen molar-refractivity contribution in [3.63, 3.8) is 0 Å². The standard InChI is InChI=1S/C10H25O3Si6/c1-8-17(2,3)12-16-10-19(6,7)13-15-9-18(4,5)11-14/h8H,1,9-10H2,2-7H3. The topological polar surface area (TPSA) is 27.7 Å². The minimum absolute atomic E-state index is 0.542. The highest BCUT2D eigenvalue weighted by Gasteiger charge is 2.28. The second-order valence-corrected chi connectivity index (χ2v) is 22.8. The fourth-order valence-corrected chi connectivity index (χ4v) is 10.8. The Balaban J connectivity index is 3.96. The second kappa shape index (κ2) is 8.38. The quantitative estimate of drug-likeness (QED) is 0.560. The van der Waals surface area contributed by atoms with Gasteiger partial charge < -0.3 is 12.3 Å². The molecular weight excluding hydrogens is 337 g/mol. The van der Waals surface area contributed by atoms with Crippen LogP contribution in [0.5, 0.6) is 0 Å². The van der Waals surface area contributed by atoms with Crippen LogP contribution in [0.4, 0.5) is 0 Å². The van der Waals surface area contributed by atoms with Gasteiger partial charge in [-0.3, -0.25) is 0 Å². The van der Waals surface area contributed by atoms with Crippen molar-refractivity contribution in [2.24, 2.45) is 0 Å². The molecule has 0 saturated carbocycles. The SMILES string of the molecule is C=C[Si](C)(C)O[Si]C[Si](C)(C)O[Si]C[Si](C)(C)O[Si]. The average molecular weight is 362 g/mol. The molecule has 0 aliphatic carbocycles. The predicted molar refractivity (Wildman–Crippen MR) is 92.8 cm³/mol. The first-order valence-electron chi connectivity index (χ1n) is 6.34. The number of rotatable bonds is 10. The zero-order valence-corrected chi connectivity index (χ0v) is 18.9. The maximum absolute atomic E-state index is 6.13. The van der Waals surface area contributed by atoms with E-state index in [0.717, 1.165) is 11.3 Å². The minimum Gasteiger partial charge on any atom is -0.457 e. The van der Waals surface area contributed by atoms with E-state index in [1.165, 1.54) is 0 Å². The summed E-state index contributed by atoms with van der Waals surface area (Å²) in [5.74, 6) is 0. The van der Waals surface area contributed by atoms with Gasteiger partial charge in [0, 0.05) is 0 Å². The van der Waals surface area contributed by atoms with E-state index in [9.17, 15) is 0 Å². The lowest BCUT2D eigenvalue weighted by Crippen LogP contribution is -2.40. The molecule has 0 atom stereocenters. The highest BCUT2D eigenvalue weighted by Crippen LogP contribution is 2.15. The summed E-state index contributed by atoms with van der Waals surface area (Å²) in [6.07, 6.45) is 0. The number of hydrogen-bond acceptors (Lipinski definition) is 3. The molecule has 0 amide bonds. The van der Waals surface area contributed by atoms with Crippen LogP contribution in [0.1, 0.15) is 0 Å². The van der Waals surface area contributed by atoms with Crippen molar-refractivity contribution in [2.75, 3.05) is 0 Å². The van der Waals surface area contributed by atoms with Crippen molar-refractivity contribution in [2.45, 2.75) is 50.6 Å². The van der Waals surface area contributed by atoms with Crippen LogP contribution in [-0.4, -0.2) is 55.0 Å². The third-order valence-electron chi connectivity index (χ3n) is 2.45. The summed E-state index contributed by atoms with van der Waals surface area (Å²) in [6.45, 7) is 17.1. The lowest BCUT2D eigenvalue weighted by Gasteiger charge is -2.26. The minimum atomic E-state index is -1.62. The molecule has 0 aromatic heterocycles. The van der Waals surface area contributed by atoms with Crippen LogP contribution in [0.3, 0.4) is 0 Å². The van der Waals surface area contributed by atoms with Gasteiger partial charge in [0.25, 0.3) is 0 Å². The first-order chi connectivity index (χ1) is 8.54. The zero-order valence-electron chi connectivity index (χ0n) is 12.9. The molecule has 107 valence electrons. The summed E-state index contributed by atoms with van der Waals surface area (Å²) < 4.78 is 17.4. The van der Waals surface area contributed by atoms with Crippen molar-refractivity contribution < 1.29 is 12.3 Å². The Morgan fingerprint density at radius 3 is 1.89 bits per heavy atom. The largest absolute Gasteiger partial charge is 0.457 e. The highest BCUT2D eigenvalue weighted by molar-refractivity contribution is 6.87. The van der Waals surface area contributed by atoms with Crippen LogP contribution in [0.15, 0.2) is 12.3 Å². The molecule has 0 unspecified atom stereocenters. The fraction of sp³-hybridized carbons (Fsp3) is 0.800. The monoisotopic (exact) mass is 361 g/mol. The zero-order chi connectivity index (χ0) is 15.2. The van der Waals surface area contributed by atoms with E-state index in [-0.39, 0.29) is 0 Å². The molecule has 0 heterocycles. The molecule has 0 aliphatic rings. The first kappa shape index (κ1) is 19.9. The van der Waals surface area contributed by atoms with Gasteiger partial charge in [-0.15, -0.1) is 6.58 Å². The lowest BCUT2D eigenvalue weighted by molar-refractivity contribution is 0.573. The molecule has 19 heavy (non-hydrogen) atoms.